The normalized spacial score (nSPS) is 22.2. The predicted octanol–water partition coefficient (Wildman–Crippen LogP) is 2.91. The van der Waals surface area contributed by atoms with Gasteiger partial charge in [0.15, 0.2) is 0 Å². The van der Waals surface area contributed by atoms with Crippen LogP contribution in [0, 0.1) is 0 Å². The highest BCUT2D eigenvalue weighted by Gasteiger charge is 2.21. The van der Waals surface area contributed by atoms with Gasteiger partial charge >= 0.3 is 0 Å². The minimum atomic E-state index is 0.439. The third-order valence-electron chi connectivity index (χ3n) is 3.18. The van der Waals surface area contributed by atoms with E-state index in [0.717, 1.165) is 19.6 Å². The Labute approximate surface area is 98.0 Å². The van der Waals surface area contributed by atoms with Crippen LogP contribution in [0.1, 0.15) is 37.8 Å². The molecule has 1 aromatic rings. The molecule has 1 fully saturated rings. The van der Waals surface area contributed by atoms with Crippen molar-refractivity contribution in [3.05, 3.63) is 35.9 Å². The Kier molecular flexibility index (Phi) is 4.37. The molecule has 0 spiro atoms. The first-order valence-electron chi connectivity index (χ1n) is 6.30. The molecule has 0 aliphatic carbocycles. The lowest BCUT2D eigenvalue weighted by Gasteiger charge is -2.21. The minimum absolute atomic E-state index is 0.439. The Morgan fingerprint density at radius 2 is 2.19 bits per heavy atom. The summed E-state index contributed by atoms with van der Waals surface area (Å²) in [6, 6.07) is 11.1. The lowest BCUT2D eigenvalue weighted by molar-refractivity contribution is 0.0947. The molecule has 2 unspecified atom stereocenters. The maximum Gasteiger partial charge on any atom is 0.0594 e. The van der Waals surface area contributed by atoms with Gasteiger partial charge in [-0.25, -0.2) is 0 Å². The number of hydrogen-bond donors (Lipinski definition) is 1. The monoisotopic (exact) mass is 219 g/mol. The van der Waals surface area contributed by atoms with Crippen molar-refractivity contribution in [3.8, 4) is 0 Å². The van der Waals surface area contributed by atoms with E-state index in [-0.39, 0.29) is 0 Å². The Morgan fingerprint density at radius 3 is 2.81 bits per heavy atom. The molecule has 1 aliphatic heterocycles. The molecular weight excluding hydrogens is 198 g/mol. The minimum Gasteiger partial charge on any atom is -0.378 e. The largest absolute Gasteiger partial charge is 0.378 e. The smallest absolute Gasteiger partial charge is 0.0594 e. The molecule has 0 radical (unpaired) electrons. The van der Waals surface area contributed by atoms with E-state index in [4.69, 9.17) is 4.74 Å². The fraction of sp³-hybridized carbons (Fsp3) is 0.571. The van der Waals surface area contributed by atoms with Crippen molar-refractivity contribution < 1.29 is 4.74 Å². The Morgan fingerprint density at radius 1 is 1.38 bits per heavy atom. The molecule has 1 saturated heterocycles. The summed E-state index contributed by atoms with van der Waals surface area (Å²) >= 11 is 0. The molecule has 1 N–H and O–H groups in total. The summed E-state index contributed by atoms with van der Waals surface area (Å²) in [7, 11) is 0. The van der Waals surface area contributed by atoms with E-state index in [1.807, 2.05) is 0 Å². The molecule has 1 aliphatic rings. The van der Waals surface area contributed by atoms with E-state index >= 15 is 0 Å². The number of benzene rings is 1. The van der Waals surface area contributed by atoms with Gasteiger partial charge in [-0.15, -0.1) is 0 Å². The van der Waals surface area contributed by atoms with Gasteiger partial charge < -0.3 is 10.1 Å². The number of rotatable bonds is 5. The summed E-state index contributed by atoms with van der Waals surface area (Å²) in [5.41, 5.74) is 1.37. The molecule has 2 nitrogen and oxygen atoms in total. The zero-order chi connectivity index (χ0) is 11.2. The third kappa shape index (κ3) is 3.06. The topological polar surface area (TPSA) is 21.3 Å². The lowest BCUT2D eigenvalue weighted by Crippen LogP contribution is -2.25. The summed E-state index contributed by atoms with van der Waals surface area (Å²) in [6.45, 7) is 4.11. The highest BCUT2D eigenvalue weighted by atomic mass is 16.5. The average Bonchev–Trinajstić information content (AvgIpc) is 2.83. The summed E-state index contributed by atoms with van der Waals surface area (Å²) in [5.74, 6) is 0. The highest BCUT2D eigenvalue weighted by molar-refractivity contribution is 5.19. The highest BCUT2D eigenvalue weighted by Crippen LogP contribution is 2.24. The van der Waals surface area contributed by atoms with Crippen LogP contribution in [0.4, 0.5) is 0 Å². The standard InChI is InChI=1S/C14H21NO/c1-2-15-14(11-13-9-6-10-16-13)12-7-4-3-5-8-12/h3-5,7-8,13-15H,2,6,9-11H2,1H3. The van der Waals surface area contributed by atoms with Crippen LogP contribution in [0.25, 0.3) is 0 Å². The van der Waals surface area contributed by atoms with E-state index in [2.05, 4.69) is 42.6 Å². The number of ether oxygens (including phenoxy) is 1. The number of nitrogens with one attached hydrogen (secondary N) is 1. The van der Waals surface area contributed by atoms with Crippen LogP contribution < -0.4 is 5.32 Å². The average molecular weight is 219 g/mol. The van der Waals surface area contributed by atoms with Crippen LogP contribution in [-0.4, -0.2) is 19.3 Å². The van der Waals surface area contributed by atoms with Gasteiger partial charge in [0.1, 0.15) is 0 Å². The molecule has 16 heavy (non-hydrogen) atoms. The summed E-state index contributed by atoms with van der Waals surface area (Å²) in [4.78, 5) is 0. The molecular formula is C14H21NO. The fourth-order valence-corrected chi connectivity index (χ4v) is 2.36. The first-order chi connectivity index (χ1) is 7.90. The van der Waals surface area contributed by atoms with Crippen LogP contribution in [0.15, 0.2) is 30.3 Å². The molecule has 2 atom stereocenters. The van der Waals surface area contributed by atoms with Crippen LogP contribution in [-0.2, 0) is 4.74 Å². The van der Waals surface area contributed by atoms with Gasteiger partial charge in [0.05, 0.1) is 6.10 Å². The summed E-state index contributed by atoms with van der Waals surface area (Å²) in [6.07, 6.45) is 3.98. The fourth-order valence-electron chi connectivity index (χ4n) is 2.36. The zero-order valence-electron chi connectivity index (χ0n) is 9.99. The third-order valence-corrected chi connectivity index (χ3v) is 3.18. The van der Waals surface area contributed by atoms with Gasteiger partial charge in [-0.05, 0) is 31.4 Å². The van der Waals surface area contributed by atoms with Crippen LogP contribution >= 0.6 is 0 Å². The van der Waals surface area contributed by atoms with Crippen molar-refractivity contribution in [2.75, 3.05) is 13.2 Å². The van der Waals surface area contributed by atoms with Crippen molar-refractivity contribution in [3.63, 3.8) is 0 Å². The lowest BCUT2D eigenvalue weighted by atomic mass is 9.99. The molecule has 0 bridgehead atoms. The van der Waals surface area contributed by atoms with Gasteiger partial charge in [-0.1, -0.05) is 37.3 Å². The first kappa shape index (κ1) is 11.6. The van der Waals surface area contributed by atoms with Crippen molar-refractivity contribution in [2.45, 2.75) is 38.3 Å². The molecule has 88 valence electrons. The van der Waals surface area contributed by atoms with E-state index < -0.39 is 0 Å². The van der Waals surface area contributed by atoms with Crippen LogP contribution in [0.5, 0.6) is 0 Å². The van der Waals surface area contributed by atoms with Crippen LogP contribution in [0.3, 0.4) is 0 Å². The molecule has 1 aromatic carbocycles. The first-order valence-corrected chi connectivity index (χ1v) is 6.30. The van der Waals surface area contributed by atoms with Crippen molar-refractivity contribution >= 4 is 0 Å². The Bertz CT molecular complexity index is 293. The van der Waals surface area contributed by atoms with Gasteiger partial charge in [0.25, 0.3) is 0 Å². The van der Waals surface area contributed by atoms with Gasteiger partial charge in [0.2, 0.25) is 0 Å². The van der Waals surface area contributed by atoms with Crippen LogP contribution in [0.2, 0.25) is 0 Å². The number of hydrogen-bond acceptors (Lipinski definition) is 2. The SMILES string of the molecule is CCNC(CC1CCCO1)c1ccccc1. The van der Waals surface area contributed by atoms with Crippen molar-refractivity contribution in [1.29, 1.82) is 0 Å². The quantitative estimate of drug-likeness (QED) is 0.822. The Balaban J connectivity index is 1.99. The molecule has 0 aromatic heterocycles. The van der Waals surface area contributed by atoms with E-state index in [0.29, 0.717) is 12.1 Å². The van der Waals surface area contributed by atoms with Gasteiger partial charge in [0, 0.05) is 12.6 Å². The second-order valence-electron chi connectivity index (χ2n) is 4.39. The van der Waals surface area contributed by atoms with Gasteiger partial charge in [-0.2, -0.15) is 0 Å². The predicted molar refractivity (Wildman–Crippen MR) is 66.5 cm³/mol. The second kappa shape index (κ2) is 6.02. The molecule has 0 amide bonds. The zero-order valence-corrected chi connectivity index (χ0v) is 9.99. The maximum absolute atomic E-state index is 5.71. The van der Waals surface area contributed by atoms with Gasteiger partial charge in [-0.3, -0.25) is 0 Å². The molecule has 0 saturated carbocycles. The van der Waals surface area contributed by atoms with E-state index in [1.165, 1.54) is 18.4 Å². The van der Waals surface area contributed by atoms with E-state index in [1.54, 1.807) is 0 Å². The summed E-state index contributed by atoms with van der Waals surface area (Å²) in [5, 5.41) is 3.55. The molecule has 1 heterocycles. The summed E-state index contributed by atoms with van der Waals surface area (Å²) < 4.78 is 5.71. The molecule has 2 rings (SSSR count). The van der Waals surface area contributed by atoms with Crippen molar-refractivity contribution in [2.24, 2.45) is 0 Å². The Hall–Kier alpha value is -0.860. The van der Waals surface area contributed by atoms with E-state index in [9.17, 15) is 0 Å². The van der Waals surface area contributed by atoms with Crippen molar-refractivity contribution in [1.82, 2.24) is 5.32 Å². The second-order valence-corrected chi connectivity index (χ2v) is 4.39. The molecule has 2 heteroatoms. The maximum atomic E-state index is 5.71.